The van der Waals surface area contributed by atoms with Gasteiger partial charge in [-0.3, -0.25) is 4.99 Å². The highest BCUT2D eigenvalue weighted by molar-refractivity contribution is 8.13. The summed E-state index contributed by atoms with van der Waals surface area (Å²) in [5.74, 6) is -0.0904. The second kappa shape index (κ2) is 6.14. The Labute approximate surface area is 127 Å². The topological polar surface area (TPSA) is 49.7 Å². The van der Waals surface area contributed by atoms with Crippen LogP contribution in [0.2, 0.25) is 0 Å². The molecule has 0 radical (unpaired) electrons. The lowest BCUT2D eigenvalue weighted by atomic mass is 10.0. The summed E-state index contributed by atoms with van der Waals surface area (Å²) in [5, 5.41) is 9.98. The molecule has 1 aliphatic rings. The summed E-state index contributed by atoms with van der Waals surface area (Å²) in [7, 11) is 0. The van der Waals surface area contributed by atoms with E-state index in [2.05, 4.69) is 23.2 Å². The number of nitrogens with zero attached hydrogens (tertiary/aromatic N) is 1. The molecule has 106 valence electrons. The minimum Gasteiger partial charge on any atom is -0.478 e. The number of carboxylic acids is 1. The van der Waals surface area contributed by atoms with Crippen molar-refractivity contribution in [2.45, 2.75) is 12.2 Å². The number of carbonyl (C=O) groups is 1. The molecule has 0 saturated carbocycles. The Bertz CT molecular complexity index is 692. The first-order valence-electron chi connectivity index (χ1n) is 6.82. The predicted octanol–water partition coefficient (Wildman–Crippen LogP) is 3.62. The lowest BCUT2D eigenvalue weighted by molar-refractivity contribution is 0.0697. The molecule has 0 unspecified atom stereocenters. The van der Waals surface area contributed by atoms with Crippen molar-refractivity contribution in [2.24, 2.45) is 4.99 Å². The molecule has 4 heteroatoms. The van der Waals surface area contributed by atoms with Crippen molar-refractivity contribution in [3.8, 4) is 0 Å². The maximum absolute atomic E-state index is 10.8. The molecule has 1 aliphatic heterocycles. The van der Waals surface area contributed by atoms with Gasteiger partial charge in [0, 0.05) is 17.9 Å². The number of benzene rings is 2. The molecule has 0 saturated heterocycles. The molecule has 0 atom stereocenters. The normalized spacial score (nSPS) is 13.4. The van der Waals surface area contributed by atoms with E-state index in [0.717, 1.165) is 29.3 Å². The van der Waals surface area contributed by atoms with Gasteiger partial charge in [0.2, 0.25) is 0 Å². The van der Waals surface area contributed by atoms with Gasteiger partial charge >= 0.3 is 5.97 Å². The summed E-state index contributed by atoms with van der Waals surface area (Å²) in [6, 6.07) is 15.4. The standard InChI is InChI=1S/C17H15NO2S/c19-17(20)14-7-5-12(6-8-14)11-21-16-15-4-2-1-3-13(15)9-10-18-16/h1-8H,9-11H2,(H,19,20). The van der Waals surface area contributed by atoms with Crippen molar-refractivity contribution >= 4 is 22.8 Å². The van der Waals surface area contributed by atoms with Gasteiger partial charge in [0.1, 0.15) is 0 Å². The Morgan fingerprint density at radius 3 is 2.67 bits per heavy atom. The maximum Gasteiger partial charge on any atom is 0.335 e. The van der Waals surface area contributed by atoms with Crippen LogP contribution in [0.25, 0.3) is 0 Å². The van der Waals surface area contributed by atoms with Gasteiger partial charge in [0.25, 0.3) is 0 Å². The van der Waals surface area contributed by atoms with Crippen LogP contribution in [0.4, 0.5) is 0 Å². The van der Waals surface area contributed by atoms with Crippen LogP contribution in [0, 0.1) is 0 Å². The van der Waals surface area contributed by atoms with Gasteiger partial charge in [-0.15, -0.1) is 11.8 Å². The Balaban J connectivity index is 1.70. The summed E-state index contributed by atoms with van der Waals surface area (Å²) in [5.41, 5.74) is 4.02. The van der Waals surface area contributed by atoms with Crippen molar-refractivity contribution in [1.29, 1.82) is 0 Å². The Morgan fingerprint density at radius 1 is 1.14 bits per heavy atom. The smallest absolute Gasteiger partial charge is 0.335 e. The molecule has 0 fully saturated rings. The summed E-state index contributed by atoms with van der Waals surface area (Å²) < 4.78 is 0. The average Bonchev–Trinajstić information content (AvgIpc) is 2.53. The number of rotatable bonds is 3. The Hall–Kier alpha value is -2.07. The van der Waals surface area contributed by atoms with Gasteiger partial charge in [-0.25, -0.2) is 4.79 Å². The molecule has 2 aromatic carbocycles. The van der Waals surface area contributed by atoms with Gasteiger partial charge < -0.3 is 5.11 Å². The van der Waals surface area contributed by atoms with Crippen molar-refractivity contribution in [2.75, 3.05) is 6.54 Å². The van der Waals surface area contributed by atoms with Crippen LogP contribution in [0.15, 0.2) is 53.5 Å². The fourth-order valence-corrected chi connectivity index (χ4v) is 3.36. The second-order valence-electron chi connectivity index (χ2n) is 4.88. The van der Waals surface area contributed by atoms with Gasteiger partial charge in [-0.05, 0) is 29.7 Å². The molecule has 0 amide bonds. The number of aliphatic imine (C=N–C) groups is 1. The average molecular weight is 297 g/mol. The largest absolute Gasteiger partial charge is 0.478 e. The first-order valence-corrected chi connectivity index (χ1v) is 7.80. The fraction of sp³-hybridized carbons (Fsp3) is 0.176. The highest BCUT2D eigenvalue weighted by Gasteiger charge is 2.13. The van der Waals surface area contributed by atoms with E-state index in [1.807, 2.05) is 18.2 Å². The lowest BCUT2D eigenvalue weighted by Crippen LogP contribution is -2.10. The van der Waals surface area contributed by atoms with E-state index in [9.17, 15) is 4.79 Å². The quantitative estimate of drug-likeness (QED) is 0.941. The van der Waals surface area contributed by atoms with E-state index in [0.29, 0.717) is 5.56 Å². The molecular formula is C17H15NO2S. The van der Waals surface area contributed by atoms with Crippen LogP contribution in [0.5, 0.6) is 0 Å². The minimum atomic E-state index is -0.889. The maximum atomic E-state index is 10.8. The summed E-state index contributed by atoms with van der Waals surface area (Å²) in [6.45, 7) is 0.845. The first kappa shape index (κ1) is 13.9. The molecule has 0 aliphatic carbocycles. The zero-order chi connectivity index (χ0) is 14.7. The number of hydrogen-bond acceptors (Lipinski definition) is 3. The third-order valence-corrected chi connectivity index (χ3v) is 4.56. The highest BCUT2D eigenvalue weighted by atomic mass is 32.2. The third-order valence-electron chi connectivity index (χ3n) is 3.46. The highest BCUT2D eigenvalue weighted by Crippen LogP contribution is 2.25. The Kier molecular flexibility index (Phi) is 4.06. The van der Waals surface area contributed by atoms with Crippen molar-refractivity contribution in [1.82, 2.24) is 0 Å². The first-order chi connectivity index (χ1) is 10.2. The SMILES string of the molecule is O=C(O)c1ccc(CSC2=NCCc3ccccc32)cc1. The lowest BCUT2D eigenvalue weighted by Gasteiger charge is -2.16. The van der Waals surface area contributed by atoms with Crippen LogP contribution in [0.3, 0.4) is 0 Å². The number of carboxylic acid groups (broad SMARTS) is 1. The van der Waals surface area contributed by atoms with Crippen LogP contribution < -0.4 is 0 Å². The van der Waals surface area contributed by atoms with Crippen molar-refractivity contribution < 1.29 is 9.90 Å². The van der Waals surface area contributed by atoms with E-state index in [1.165, 1.54) is 11.1 Å². The third kappa shape index (κ3) is 3.16. The van der Waals surface area contributed by atoms with Crippen LogP contribution in [-0.4, -0.2) is 22.7 Å². The second-order valence-corrected chi connectivity index (χ2v) is 5.85. The van der Waals surface area contributed by atoms with Crippen LogP contribution >= 0.6 is 11.8 Å². The minimum absolute atomic E-state index is 0.323. The van der Waals surface area contributed by atoms with E-state index < -0.39 is 5.97 Å². The summed E-state index contributed by atoms with van der Waals surface area (Å²) in [4.78, 5) is 15.4. The van der Waals surface area contributed by atoms with Crippen LogP contribution in [0.1, 0.15) is 27.0 Å². The monoisotopic (exact) mass is 297 g/mol. The number of fused-ring (bicyclic) bond motifs is 1. The molecule has 3 rings (SSSR count). The Morgan fingerprint density at radius 2 is 1.90 bits per heavy atom. The van der Waals surface area contributed by atoms with Gasteiger partial charge in [0.05, 0.1) is 10.6 Å². The van der Waals surface area contributed by atoms with E-state index >= 15 is 0 Å². The van der Waals surface area contributed by atoms with Gasteiger partial charge in [-0.1, -0.05) is 36.4 Å². The van der Waals surface area contributed by atoms with E-state index in [4.69, 9.17) is 5.11 Å². The van der Waals surface area contributed by atoms with E-state index in [1.54, 1.807) is 23.9 Å². The molecule has 1 N–H and O–H groups in total. The van der Waals surface area contributed by atoms with Crippen LogP contribution in [-0.2, 0) is 12.2 Å². The summed E-state index contributed by atoms with van der Waals surface area (Å²) in [6.07, 6.45) is 1.01. The van der Waals surface area contributed by atoms with Crippen molar-refractivity contribution in [3.05, 3.63) is 70.8 Å². The molecule has 0 bridgehead atoms. The molecule has 1 heterocycles. The van der Waals surface area contributed by atoms with Gasteiger partial charge in [-0.2, -0.15) is 0 Å². The number of aromatic carboxylic acids is 1. The molecule has 21 heavy (non-hydrogen) atoms. The molecule has 3 nitrogen and oxygen atoms in total. The zero-order valence-corrected chi connectivity index (χ0v) is 12.3. The number of thioether (sulfide) groups is 1. The fourth-order valence-electron chi connectivity index (χ4n) is 2.33. The molecule has 2 aromatic rings. The predicted molar refractivity (Wildman–Crippen MR) is 86.2 cm³/mol. The molecular weight excluding hydrogens is 282 g/mol. The van der Waals surface area contributed by atoms with E-state index in [-0.39, 0.29) is 0 Å². The van der Waals surface area contributed by atoms with Gasteiger partial charge in [0.15, 0.2) is 0 Å². The molecule has 0 spiro atoms. The summed E-state index contributed by atoms with van der Waals surface area (Å²) >= 11 is 1.71. The number of hydrogen-bond donors (Lipinski definition) is 1. The zero-order valence-electron chi connectivity index (χ0n) is 11.5. The molecule has 0 aromatic heterocycles. The van der Waals surface area contributed by atoms with Crippen molar-refractivity contribution in [3.63, 3.8) is 0 Å².